The SMILES string of the molecule is Cc1ccccc1Nc1nc(Cl)nc(Nc2ccc(S(=O)(=O)O)c(N=Nc3c(S(=O)(=O)O)cc4c(c3N)C(=O)C(=NNc3cc(Nc5nc(Cl)nc(Nc6ccccc6C)n5)ccc3S(=O)(=O)O)C(S(=O)(=O)O)=C4)c2)n1. The lowest BCUT2D eigenvalue weighted by atomic mass is 9.92. The third-order valence-corrected chi connectivity index (χ3v) is 14.3. The van der Waals surface area contributed by atoms with Gasteiger partial charge < -0.3 is 27.0 Å². The second kappa shape index (κ2) is 20.9. The van der Waals surface area contributed by atoms with Crippen LogP contribution in [0.1, 0.15) is 27.0 Å². The number of carbonyl (C=O) groups is 1. The van der Waals surface area contributed by atoms with Gasteiger partial charge in [0.05, 0.1) is 16.9 Å². The van der Waals surface area contributed by atoms with Crippen molar-refractivity contribution < 1.29 is 56.7 Å². The second-order valence-corrected chi connectivity index (χ2v) is 21.9. The van der Waals surface area contributed by atoms with Gasteiger partial charge in [0.1, 0.15) is 31.0 Å². The number of Topliss-reactive ketones (excluding diaryl/α,β-unsaturated/α-hetero) is 1. The number of allylic oxidation sites excluding steroid dienone is 1. The van der Waals surface area contributed by atoms with Gasteiger partial charge in [0, 0.05) is 22.7 Å². The third kappa shape index (κ3) is 12.3. The minimum Gasteiger partial charge on any atom is -0.396 e. The molecule has 2 heterocycles. The first-order valence-electron chi connectivity index (χ1n) is 20.8. The van der Waals surface area contributed by atoms with E-state index in [9.17, 15) is 56.7 Å². The average molecular weight is 1150 g/mol. The van der Waals surface area contributed by atoms with Gasteiger partial charge in [-0.3, -0.25) is 28.4 Å². The number of rotatable bonds is 16. The molecule has 34 heteroatoms. The second-order valence-electron chi connectivity index (χ2n) is 15.6. The van der Waals surface area contributed by atoms with Crippen LogP contribution in [0.4, 0.5) is 69.3 Å². The number of aryl methyl sites for hydroxylation is 2. The summed E-state index contributed by atoms with van der Waals surface area (Å²) in [5.74, 6) is -1.93. The molecule has 1 aliphatic carbocycles. The lowest BCUT2D eigenvalue weighted by Crippen LogP contribution is -2.28. The van der Waals surface area contributed by atoms with E-state index in [2.05, 4.69) is 71.9 Å². The Morgan fingerprint density at radius 1 is 0.539 bits per heavy atom. The Morgan fingerprint density at radius 2 is 1.01 bits per heavy atom. The van der Waals surface area contributed by atoms with Crippen LogP contribution >= 0.6 is 23.2 Å². The summed E-state index contributed by atoms with van der Waals surface area (Å²) >= 11 is 12.3. The van der Waals surface area contributed by atoms with Crippen molar-refractivity contribution in [2.24, 2.45) is 15.3 Å². The molecule has 0 amide bonds. The normalized spacial score (nSPS) is 13.6. The van der Waals surface area contributed by atoms with E-state index in [1.54, 1.807) is 36.4 Å². The van der Waals surface area contributed by atoms with Crippen molar-refractivity contribution in [3.05, 3.63) is 129 Å². The van der Waals surface area contributed by atoms with Crippen LogP contribution in [0.25, 0.3) is 6.08 Å². The van der Waals surface area contributed by atoms with E-state index >= 15 is 0 Å². The Kier molecular flexibility index (Phi) is 14.8. The molecule has 1 aliphatic rings. The minimum atomic E-state index is -5.52. The van der Waals surface area contributed by atoms with Gasteiger partial charge >= 0.3 is 0 Å². The number of anilines is 10. The standard InChI is InChI=1S/C42H33Cl2N15O13S4/c1-19-7-3-5-9-24(19)48-41-52-37(43)50-39(54-41)46-22-11-13-28(73(61,62)63)26(17-22)56-58-34-30(75(67,68)69)15-21-16-31(76(70,71)72)35(36(60)32(21)33(34)45)59-57-27-18-23(12-14-29(27)74(64,65)66)47-40-51-38(44)53-42(55-40)49-25-10-6-4-8-20(25)2/h3-18,57H,45H2,1-2H3,(H,61,62,63)(H,64,65,66)(H,67,68,69)(H,70,71,72)(H2,46,48,50,52,54)(H2,47,49,51,53,55). The van der Waals surface area contributed by atoms with E-state index in [0.717, 1.165) is 47.5 Å². The number of nitrogens with zero attached hydrogens (tertiary/aromatic N) is 9. The number of nitrogens with two attached hydrogens (primary N) is 1. The summed E-state index contributed by atoms with van der Waals surface area (Å²) in [5.41, 5.74) is 5.25. The van der Waals surface area contributed by atoms with Gasteiger partial charge in [-0.1, -0.05) is 36.4 Å². The highest BCUT2D eigenvalue weighted by atomic mass is 35.5. The maximum absolute atomic E-state index is 14.4. The molecule has 0 atom stereocenters. The Balaban J connectivity index is 1.16. The van der Waals surface area contributed by atoms with Crippen molar-refractivity contribution in [2.45, 2.75) is 28.5 Å². The maximum Gasteiger partial charge on any atom is 0.296 e. The molecule has 0 spiro atoms. The third-order valence-electron chi connectivity index (χ3n) is 10.4. The molecule has 392 valence electrons. The van der Waals surface area contributed by atoms with Gasteiger partial charge in [0.15, 0.2) is 5.71 Å². The molecule has 0 unspecified atom stereocenters. The zero-order valence-corrected chi connectivity index (χ0v) is 43.0. The number of hydrogen-bond donors (Lipinski definition) is 10. The highest BCUT2D eigenvalue weighted by molar-refractivity contribution is 7.91. The summed E-state index contributed by atoms with van der Waals surface area (Å²) in [4.78, 5) is 34.6. The van der Waals surface area contributed by atoms with Crippen molar-refractivity contribution in [1.82, 2.24) is 29.9 Å². The fraction of sp³-hybridized carbons (Fsp3) is 0.0476. The number of nitrogen functional groups attached to an aromatic ring is 1. The topological polar surface area (TPSA) is 435 Å². The van der Waals surface area contributed by atoms with Gasteiger partial charge in [-0.2, -0.15) is 68.7 Å². The lowest BCUT2D eigenvalue weighted by molar-refractivity contribution is 0.106. The first-order valence-corrected chi connectivity index (χ1v) is 27.3. The summed E-state index contributed by atoms with van der Waals surface area (Å²) in [6.07, 6.45) is 0.522. The molecule has 0 bridgehead atoms. The van der Waals surface area contributed by atoms with E-state index in [-0.39, 0.29) is 45.7 Å². The number of azo groups is 1. The number of halogens is 2. The highest BCUT2D eigenvalue weighted by Crippen LogP contribution is 2.42. The quantitative estimate of drug-likeness (QED) is 0.0193. The highest BCUT2D eigenvalue weighted by Gasteiger charge is 2.37. The molecule has 7 aromatic rings. The molecule has 76 heavy (non-hydrogen) atoms. The molecule has 0 saturated heterocycles. The molecule has 0 saturated carbocycles. The number of hydrogen-bond acceptors (Lipinski definition) is 24. The van der Waals surface area contributed by atoms with Gasteiger partial charge in [-0.25, -0.2) is 0 Å². The lowest BCUT2D eigenvalue weighted by Gasteiger charge is -2.20. The van der Waals surface area contributed by atoms with Crippen molar-refractivity contribution in [2.75, 3.05) is 32.4 Å². The van der Waals surface area contributed by atoms with Crippen molar-refractivity contribution in [3.63, 3.8) is 0 Å². The van der Waals surface area contributed by atoms with Crippen LogP contribution in [0.15, 0.2) is 126 Å². The predicted molar refractivity (Wildman–Crippen MR) is 277 cm³/mol. The summed E-state index contributed by atoms with van der Waals surface area (Å²) in [5, 5.41) is 22.2. The van der Waals surface area contributed by atoms with Crippen LogP contribution in [0.3, 0.4) is 0 Å². The van der Waals surface area contributed by atoms with Crippen LogP contribution in [-0.4, -0.2) is 93.3 Å². The minimum absolute atomic E-state index is 0.0149. The van der Waals surface area contributed by atoms with E-state index in [1.807, 2.05) is 26.0 Å². The van der Waals surface area contributed by atoms with Gasteiger partial charge in [-0.05, 0) is 114 Å². The fourth-order valence-electron chi connectivity index (χ4n) is 6.98. The van der Waals surface area contributed by atoms with Gasteiger partial charge in [0.25, 0.3) is 40.5 Å². The Hall–Kier alpha value is -8.18. The Labute approximate surface area is 439 Å². The van der Waals surface area contributed by atoms with E-state index in [1.165, 1.54) is 0 Å². The number of hydrazone groups is 1. The number of benzene rings is 5. The van der Waals surface area contributed by atoms with E-state index in [0.29, 0.717) is 23.5 Å². The Bertz CT molecular complexity index is 4150. The monoisotopic (exact) mass is 1150 g/mol. The summed E-state index contributed by atoms with van der Waals surface area (Å²) < 4.78 is 142. The van der Waals surface area contributed by atoms with Crippen molar-refractivity contribution in [3.8, 4) is 0 Å². The first-order chi connectivity index (χ1) is 35.6. The van der Waals surface area contributed by atoms with E-state index < -0.39 is 105 Å². The number of ketones is 1. The number of aromatic nitrogens is 6. The molecule has 2 aromatic heterocycles. The molecule has 0 fully saturated rings. The molecular weight excluding hydrogens is 1120 g/mol. The summed E-state index contributed by atoms with van der Waals surface area (Å²) in [6, 6.07) is 20.7. The van der Waals surface area contributed by atoms with Gasteiger partial charge in [0.2, 0.25) is 40.1 Å². The van der Waals surface area contributed by atoms with Crippen molar-refractivity contribution >= 4 is 151 Å². The van der Waals surface area contributed by atoms with Gasteiger partial charge in [-0.15, -0.1) is 10.2 Å². The molecule has 0 aliphatic heterocycles. The first kappa shape index (κ1) is 54.1. The molecule has 28 nitrogen and oxygen atoms in total. The smallest absolute Gasteiger partial charge is 0.296 e. The van der Waals surface area contributed by atoms with Crippen LogP contribution < -0.4 is 32.4 Å². The van der Waals surface area contributed by atoms with Crippen molar-refractivity contribution in [1.29, 1.82) is 0 Å². The Morgan fingerprint density at radius 3 is 1.50 bits per heavy atom. The van der Waals surface area contributed by atoms with Crippen LogP contribution in [0.2, 0.25) is 10.6 Å². The molecule has 11 N–H and O–H groups in total. The maximum atomic E-state index is 14.4. The van der Waals surface area contributed by atoms with Crippen LogP contribution in [0, 0.1) is 13.8 Å². The molecule has 0 radical (unpaired) electrons. The zero-order chi connectivity index (χ0) is 55.1. The fourth-order valence-corrected chi connectivity index (χ4v) is 9.85. The average Bonchev–Trinajstić information content (AvgIpc) is 3.35. The predicted octanol–water partition coefficient (Wildman–Crippen LogP) is 7.59. The number of para-hydroxylation sites is 2. The van der Waals surface area contributed by atoms with Crippen LogP contribution in [0.5, 0.6) is 0 Å². The largest absolute Gasteiger partial charge is 0.396 e. The molecule has 5 aromatic carbocycles. The van der Waals surface area contributed by atoms with Crippen LogP contribution in [-0.2, 0) is 40.5 Å². The zero-order valence-electron chi connectivity index (χ0n) is 38.2. The number of fused-ring (bicyclic) bond motifs is 1. The summed E-state index contributed by atoms with van der Waals surface area (Å²) in [6.45, 7) is 3.64. The molecular formula is C42H33Cl2N15O13S4. The number of carbonyl (C=O) groups excluding carboxylic acids is 1. The molecule has 8 rings (SSSR count). The van der Waals surface area contributed by atoms with E-state index in [4.69, 9.17) is 28.9 Å². The summed E-state index contributed by atoms with van der Waals surface area (Å²) in [7, 11) is -21.3. The number of nitrogens with one attached hydrogen (secondary N) is 5.